The summed E-state index contributed by atoms with van der Waals surface area (Å²) in [5.41, 5.74) is 2.64. The molecule has 0 bridgehead atoms. The van der Waals surface area contributed by atoms with Crippen molar-refractivity contribution in [3.63, 3.8) is 0 Å². The molecular formula is C17H16O2. The van der Waals surface area contributed by atoms with Crippen LogP contribution in [0, 0.1) is 0 Å². The molecular weight excluding hydrogens is 236 g/mol. The summed E-state index contributed by atoms with van der Waals surface area (Å²) in [7, 11) is 0. The van der Waals surface area contributed by atoms with Gasteiger partial charge in [-0.25, -0.2) is 0 Å². The van der Waals surface area contributed by atoms with Gasteiger partial charge in [0.25, 0.3) is 0 Å². The molecule has 2 nitrogen and oxygen atoms in total. The molecule has 0 saturated carbocycles. The highest BCUT2D eigenvalue weighted by molar-refractivity contribution is 6.02. The Morgan fingerprint density at radius 3 is 2.26 bits per heavy atom. The van der Waals surface area contributed by atoms with Crippen LogP contribution in [0.1, 0.15) is 23.2 Å². The van der Waals surface area contributed by atoms with Crippen LogP contribution in [0.15, 0.2) is 66.9 Å². The maximum absolute atomic E-state index is 12.2. The Balaban J connectivity index is 2.31. The van der Waals surface area contributed by atoms with Gasteiger partial charge in [0.15, 0.2) is 5.78 Å². The Hall–Kier alpha value is -2.35. The number of aliphatic hydroxyl groups is 1. The molecule has 0 aliphatic heterocycles. The van der Waals surface area contributed by atoms with Gasteiger partial charge in [-0.2, -0.15) is 0 Å². The number of hydrogen-bond donors (Lipinski definition) is 1. The van der Waals surface area contributed by atoms with Gasteiger partial charge in [0.05, 0.1) is 5.76 Å². The molecule has 2 rings (SSSR count). The van der Waals surface area contributed by atoms with E-state index in [0.29, 0.717) is 12.0 Å². The smallest absolute Gasteiger partial charge is 0.163 e. The van der Waals surface area contributed by atoms with Crippen molar-refractivity contribution < 1.29 is 9.90 Å². The van der Waals surface area contributed by atoms with Crippen molar-refractivity contribution >= 4 is 5.78 Å². The zero-order valence-corrected chi connectivity index (χ0v) is 10.7. The van der Waals surface area contributed by atoms with E-state index in [1.807, 2.05) is 54.6 Å². The van der Waals surface area contributed by atoms with Crippen molar-refractivity contribution in [2.45, 2.75) is 12.8 Å². The number of benzene rings is 2. The molecule has 96 valence electrons. The summed E-state index contributed by atoms with van der Waals surface area (Å²) in [6, 6.07) is 17.4. The van der Waals surface area contributed by atoms with E-state index in [2.05, 4.69) is 6.58 Å². The van der Waals surface area contributed by atoms with Crippen molar-refractivity contribution in [2.75, 3.05) is 0 Å². The molecule has 0 radical (unpaired) electrons. The summed E-state index contributed by atoms with van der Waals surface area (Å²) < 4.78 is 0. The first-order valence-electron chi connectivity index (χ1n) is 6.23. The lowest BCUT2D eigenvalue weighted by atomic mass is 9.95. The molecule has 0 atom stereocenters. The van der Waals surface area contributed by atoms with Crippen LogP contribution >= 0.6 is 0 Å². The van der Waals surface area contributed by atoms with E-state index in [1.54, 1.807) is 0 Å². The normalized spacial score (nSPS) is 10.1. The third-order valence-electron chi connectivity index (χ3n) is 2.95. The number of Topliss-reactive ketones (excluding diaryl/α,β-unsaturated/α-hetero) is 1. The van der Waals surface area contributed by atoms with E-state index in [-0.39, 0.29) is 18.0 Å². The summed E-state index contributed by atoms with van der Waals surface area (Å²) in [5, 5.41) is 9.09. The van der Waals surface area contributed by atoms with Gasteiger partial charge in [0.2, 0.25) is 0 Å². The first-order chi connectivity index (χ1) is 9.18. The zero-order chi connectivity index (χ0) is 13.7. The summed E-state index contributed by atoms with van der Waals surface area (Å²) in [6.45, 7) is 3.40. The van der Waals surface area contributed by atoms with E-state index in [4.69, 9.17) is 5.11 Å². The Kier molecular flexibility index (Phi) is 4.14. The van der Waals surface area contributed by atoms with Crippen LogP contribution in [0.4, 0.5) is 0 Å². The molecule has 0 heterocycles. The Labute approximate surface area is 113 Å². The molecule has 0 saturated heterocycles. The van der Waals surface area contributed by atoms with E-state index in [9.17, 15) is 4.79 Å². The van der Waals surface area contributed by atoms with Crippen LogP contribution in [-0.2, 0) is 0 Å². The average Bonchev–Trinajstić information content (AvgIpc) is 2.45. The fraction of sp³-hybridized carbons (Fsp3) is 0.118. The van der Waals surface area contributed by atoms with E-state index in [0.717, 1.165) is 11.1 Å². The molecule has 2 heteroatoms. The Morgan fingerprint density at radius 2 is 1.58 bits per heavy atom. The Bertz CT molecular complexity index is 585. The fourth-order valence-electron chi connectivity index (χ4n) is 1.99. The Morgan fingerprint density at radius 1 is 0.947 bits per heavy atom. The second-order valence-corrected chi connectivity index (χ2v) is 4.40. The monoisotopic (exact) mass is 252 g/mol. The van der Waals surface area contributed by atoms with Crippen LogP contribution in [0.3, 0.4) is 0 Å². The molecule has 0 aliphatic carbocycles. The predicted molar refractivity (Wildman–Crippen MR) is 77.2 cm³/mol. The molecule has 0 spiro atoms. The lowest BCUT2D eigenvalue weighted by Gasteiger charge is -2.08. The summed E-state index contributed by atoms with van der Waals surface area (Å²) in [4.78, 5) is 12.2. The van der Waals surface area contributed by atoms with E-state index in [1.165, 1.54) is 0 Å². The van der Waals surface area contributed by atoms with Gasteiger partial charge >= 0.3 is 0 Å². The third kappa shape index (κ3) is 3.32. The predicted octanol–water partition coefficient (Wildman–Crippen LogP) is 4.39. The van der Waals surface area contributed by atoms with Crippen molar-refractivity contribution in [3.05, 3.63) is 72.5 Å². The van der Waals surface area contributed by atoms with Gasteiger partial charge in [0.1, 0.15) is 0 Å². The molecule has 0 unspecified atom stereocenters. The first kappa shape index (κ1) is 13.1. The summed E-state index contributed by atoms with van der Waals surface area (Å²) in [5.74, 6) is 0.0696. The summed E-state index contributed by atoms with van der Waals surface area (Å²) >= 11 is 0. The SMILES string of the molecule is C=C(O)CCC(=O)c1ccccc1-c1ccccc1. The van der Waals surface area contributed by atoms with Crippen molar-refractivity contribution in [3.8, 4) is 11.1 Å². The number of carbonyl (C=O) groups excluding carboxylic acids is 1. The second-order valence-electron chi connectivity index (χ2n) is 4.40. The molecule has 1 N–H and O–H groups in total. The van der Waals surface area contributed by atoms with Crippen LogP contribution in [0.25, 0.3) is 11.1 Å². The summed E-state index contributed by atoms with van der Waals surface area (Å²) in [6.07, 6.45) is 0.584. The highest BCUT2D eigenvalue weighted by atomic mass is 16.3. The van der Waals surface area contributed by atoms with Crippen LogP contribution < -0.4 is 0 Å². The minimum atomic E-state index is 0.0228. The largest absolute Gasteiger partial charge is 0.513 e. The minimum Gasteiger partial charge on any atom is -0.513 e. The number of rotatable bonds is 5. The second kappa shape index (κ2) is 6.01. The molecule has 0 aliphatic rings. The lowest BCUT2D eigenvalue weighted by Crippen LogP contribution is -2.02. The number of carbonyl (C=O) groups is 1. The fourth-order valence-corrected chi connectivity index (χ4v) is 1.99. The number of hydrogen-bond acceptors (Lipinski definition) is 2. The van der Waals surface area contributed by atoms with Gasteiger partial charge in [-0.05, 0) is 11.1 Å². The third-order valence-corrected chi connectivity index (χ3v) is 2.95. The standard InChI is InChI=1S/C17H16O2/c1-13(18)11-12-17(19)16-10-6-5-9-15(16)14-7-3-2-4-8-14/h2-10,18H,1,11-12H2. The molecule has 19 heavy (non-hydrogen) atoms. The van der Waals surface area contributed by atoms with Gasteiger partial charge in [-0.1, -0.05) is 61.2 Å². The van der Waals surface area contributed by atoms with Crippen molar-refractivity contribution in [1.82, 2.24) is 0 Å². The van der Waals surface area contributed by atoms with Gasteiger partial charge in [-0.3, -0.25) is 4.79 Å². The average molecular weight is 252 g/mol. The minimum absolute atomic E-state index is 0.0228. The molecule has 2 aromatic rings. The molecule has 0 amide bonds. The lowest BCUT2D eigenvalue weighted by molar-refractivity contribution is 0.0979. The van der Waals surface area contributed by atoms with Crippen molar-refractivity contribution in [2.24, 2.45) is 0 Å². The highest BCUT2D eigenvalue weighted by Gasteiger charge is 2.12. The van der Waals surface area contributed by atoms with Gasteiger partial charge in [-0.15, -0.1) is 0 Å². The van der Waals surface area contributed by atoms with Gasteiger partial charge < -0.3 is 5.11 Å². The maximum Gasteiger partial charge on any atom is 0.163 e. The topological polar surface area (TPSA) is 37.3 Å². The van der Waals surface area contributed by atoms with Gasteiger partial charge in [0, 0.05) is 18.4 Å². The van der Waals surface area contributed by atoms with Crippen molar-refractivity contribution in [1.29, 1.82) is 0 Å². The van der Waals surface area contributed by atoms with Crippen LogP contribution in [0.5, 0.6) is 0 Å². The first-order valence-corrected chi connectivity index (χ1v) is 6.23. The highest BCUT2D eigenvalue weighted by Crippen LogP contribution is 2.24. The van der Waals surface area contributed by atoms with Crippen LogP contribution in [0.2, 0.25) is 0 Å². The van der Waals surface area contributed by atoms with E-state index < -0.39 is 0 Å². The zero-order valence-electron chi connectivity index (χ0n) is 10.7. The quantitative estimate of drug-likeness (QED) is 0.633. The molecule has 0 aromatic heterocycles. The number of aliphatic hydroxyl groups excluding tert-OH is 1. The molecule has 2 aromatic carbocycles. The maximum atomic E-state index is 12.2. The number of ketones is 1. The number of allylic oxidation sites excluding steroid dienone is 1. The van der Waals surface area contributed by atoms with E-state index >= 15 is 0 Å². The van der Waals surface area contributed by atoms with Crippen LogP contribution in [-0.4, -0.2) is 10.9 Å². The molecule has 0 fully saturated rings.